The van der Waals surface area contributed by atoms with Gasteiger partial charge in [0, 0.05) is 36.2 Å². The third-order valence-electron chi connectivity index (χ3n) is 4.13. The number of carbonyl (C=O) groups is 1. The molecule has 0 radical (unpaired) electrons. The third-order valence-corrected chi connectivity index (χ3v) is 4.13. The fraction of sp³-hybridized carbons (Fsp3) is 0.412. The van der Waals surface area contributed by atoms with Gasteiger partial charge in [0.05, 0.1) is 30.3 Å². The molecule has 0 amide bonds. The van der Waals surface area contributed by atoms with Crippen molar-refractivity contribution in [3.8, 4) is 0 Å². The fourth-order valence-electron chi connectivity index (χ4n) is 3.04. The zero-order valence-corrected chi connectivity index (χ0v) is 14.7. The molecule has 25 heavy (non-hydrogen) atoms. The highest BCUT2D eigenvalue weighted by Gasteiger charge is 2.20. The molecule has 1 unspecified atom stereocenters. The Morgan fingerprint density at radius 3 is 2.64 bits per heavy atom. The topological polar surface area (TPSA) is 96.4 Å². The van der Waals surface area contributed by atoms with Crippen LogP contribution in [-0.4, -0.2) is 33.6 Å². The van der Waals surface area contributed by atoms with Gasteiger partial charge in [-0.3, -0.25) is 19.7 Å². The van der Waals surface area contributed by atoms with E-state index in [9.17, 15) is 19.7 Å². The molecule has 1 atom stereocenters. The number of nitrogens with zero attached hydrogens (tertiary/aromatic N) is 3. The second kappa shape index (κ2) is 7.43. The van der Waals surface area contributed by atoms with Crippen molar-refractivity contribution in [2.24, 2.45) is 0 Å². The van der Waals surface area contributed by atoms with Crippen LogP contribution >= 0.6 is 0 Å². The Morgan fingerprint density at radius 2 is 2.04 bits per heavy atom. The number of aromatic nitrogens is 2. The highest BCUT2D eigenvalue weighted by atomic mass is 16.6. The summed E-state index contributed by atoms with van der Waals surface area (Å²) in [6.45, 7) is 5.98. The van der Waals surface area contributed by atoms with Crippen molar-refractivity contribution in [1.29, 1.82) is 0 Å². The molecular formula is C17H21N3O5. The van der Waals surface area contributed by atoms with Crippen LogP contribution in [-0.2, 0) is 11.3 Å². The predicted octanol–water partition coefficient (Wildman–Crippen LogP) is 2.27. The van der Waals surface area contributed by atoms with Gasteiger partial charge in [-0.1, -0.05) is 0 Å². The van der Waals surface area contributed by atoms with Gasteiger partial charge in [0.1, 0.15) is 0 Å². The molecule has 0 N–H and O–H groups in total. The van der Waals surface area contributed by atoms with Crippen LogP contribution in [0.2, 0.25) is 0 Å². The van der Waals surface area contributed by atoms with E-state index >= 15 is 0 Å². The van der Waals surface area contributed by atoms with E-state index in [0.29, 0.717) is 12.2 Å². The number of Topliss-reactive ketones (excluding diaryl/α,β-unsaturated/α-hetero) is 1. The van der Waals surface area contributed by atoms with E-state index in [1.807, 2.05) is 25.3 Å². The Morgan fingerprint density at radius 1 is 1.36 bits per heavy atom. The minimum Gasteiger partial charge on any atom is -0.383 e. The van der Waals surface area contributed by atoms with E-state index in [-0.39, 0.29) is 24.1 Å². The maximum atomic E-state index is 12.6. The molecule has 2 aromatic rings. The van der Waals surface area contributed by atoms with Crippen LogP contribution in [0.4, 0.5) is 5.69 Å². The SMILES string of the molecule is COCC(C)n1c(C)cc(C(=O)Cn2cc([N+](=O)[O-])ccc2=O)c1C. The monoisotopic (exact) mass is 347 g/mol. The number of pyridine rings is 1. The van der Waals surface area contributed by atoms with Crippen molar-refractivity contribution in [2.75, 3.05) is 13.7 Å². The van der Waals surface area contributed by atoms with Crippen LogP contribution < -0.4 is 5.56 Å². The van der Waals surface area contributed by atoms with Gasteiger partial charge in [-0.2, -0.15) is 0 Å². The lowest BCUT2D eigenvalue weighted by Gasteiger charge is -2.17. The molecule has 8 nitrogen and oxygen atoms in total. The van der Waals surface area contributed by atoms with E-state index in [2.05, 4.69) is 0 Å². The summed E-state index contributed by atoms with van der Waals surface area (Å²) in [6, 6.07) is 4.05. The Labute approximate surface area is 144 Å². The number of nitro groups is 1. The summed E-state index contributed by atoms with van der Waals surface area (Å²) < 4.78 is 8.24. The van der Waals surface area contributed by atoms with Crippen molar-refractivity contribution in [3.63, 3.8) is 0 Å². The van der Waals surface area contributed by atoms with Crippen LogP contribution in [0.3, 0.4) is 0 Å². The quantitative estimate of drug-likeness (QED) is 0.435. The summed E-state index contributed by atoms with van der Waals surface area (Å²) in [5.74, 6) is -0.272. The first-order valence-corrected chi connectivity index (χ1v) is 7.81. The molecule has 8 heteroatoms. The molecule has 0 aromatic carbocycles. The number of ketones is 1. The second-order valence-corrected chi connectivity index (χ2v) is 5.99. The number of hydrogen-bond donors (Lipinski definition) is 0. The number of ether oxygens (including phenoxy) is 1. The van der Waals surface area contributed by atoms with Crippen molar-refractivity contribution in [3.05, 3.63) is 61.8 Å². The van der Waals surface area contributed by atoms with E-state index in [1.54, 1.807) is 13.2 Å². The lowest BCUT2D eigenvalue weighted by molar-refractivity contribution is -0.385. The summed E-state index contributed by atoms with van der Waals surface area (Å²) in [5.41, 5.74) is 1.51. The minimum atomic E-state index is -0.598. The van der Waals surface area contributed by atoms with Crippen molar-refractivity contribution in [1.82, 2.24) is 9.13 Å². The van der Waals surface area contributed by atoms with Crippen LogP contribution in [0.5, 0.6) is 0 Å². The smallest absolute Gasteiger partial charge is 0.285 e. The fourth-order valence-corrected chi connectivity index (χ4v) is 3.04. The lowest BCUT2D eigenvalue weighted by Crippen LogP contribution is -2.23. The number of aryl methyl sites for hydroxylation is 1. The summed E-state index contributed by atoms with van der Waals surface area (Å²) in [6.07, 6.45) is 1.09. The van der Waals surface area contributed by atoms with Gasteiger partial charge >= 0.3 is 0 Å². The molecule has 0 saturated carbocycles. The predicted molar refractivity (Wildman–Crippen MR) is 92.2 cm³/mol. The average Bonchev–Trinajstić information content (AvgIpc) is 2.84. The standard InChI is InChI=1S/C17H21N3O5/c1-11-7-15(13(3)19(11)12(2)10-25-4)16(21)9-18-8-14(20(23)24)5-6-17(18)22/h5-8,12H,9-10H2,1-4H3. The Bertz CT molecular complexity index is 866. The van der Waals surface area contributed by atoms with Crippen LogP contribution in [0, 0.1) is 24.0 Å². The van der Waals surface area contributed by atoms with E-state index in [4.69, 9.17) is 4.74 Å². The molecule has 2 aromatic heterocycles. The second-order valence-electron chi connectivity index (χ2n) is 5.99. The van der Waals surface area contributed by atoms with E-state index < -0.39 is 10.5 Å². The van der Waals surface area contributed by atoms with E-state index in [1.165, 1.54) is 0 Å². The molecule has 134 valence electrons. The summed E-state index contributed by atoms with van der Waals surface area (Å²) in [4.78, 5) is 34.8. The highest BCUT2D eigenvalue weighted by molar-refractivity contribution is 5.97. The first kappa shape index (κ1) is 18.6. The van der Waals surface area contributed by atoms with E-state index in [0.717, 1.165) is 34.3 Å². The number of methoxy groups -OCH3 is 1. The van der Waals surface area contributed by atoms with Crippen LogP contribution in [0.15, 0.2) is 29.2 Å². The average molecular weight is 347 g/mol. The summed E-state index contributed by atoms with van der Waals surface area (Å²) in [5, 5.41) is 10.8. The number of rotatable bonds is 7. The van der Waals surface area contributed by atoms with Gasteiger partial charge < -0.3 is 13.9 Å². The highest BCUT2D eigenvalue weighted by Crippen LogP contribution is 2.21. The zero-order chi connectivity index (χ0) is 18.7. The van der Waals surface area contributed by atoms with Gasteiger partial charge in [0.15, 0.2) is 5.78 Å². The molecule has 0 aliphatic carbocycles. The lowest BCUT2D eigenvalue weighted by atomic mass is 10.1. The molecule has 0 saturated heterocycles. The normalized spacial score (nSPS) is 12.2. The van der Waals surface area contributed by atoms with Gasteiger partial charge in [-0.25, -0.2) is 0 Å². The first-order chi connectivity index (χ1) is 11.8. The minimum absolute atomic E-state index is 0.0621. The number of carbonyl (C=O) groups excluding carboxylic acids is 1. The Balaban J connectivity index is 2.34. The Kier molecular flexibility index (Phi) is 5.53. The van der Waals surface area contributed by atoms with Gasteiger partial charge in [0.2, 0.25) is 0 Å². The van der Waals surface area contributed by atoms with Crippen molar-refractivity contribution >= 4 is 11.5 Å². The van der Waals surface area contributed by atoms with Gasteiger partial charge in [0.25, 0.3) is 11.2 Å². The summed E-state index contributed by atoms with van der Waals surface area (Å²) in [7, 11) is 1.62. The van der Waals surface area contributed by atoms with Crippen LogP contribution in [0.1, 0.15) is 34.7 Å². The largest absolute Gasteiger partial charge is 0.383 e. The van der Waals surface area contributed by atoms with Crippen LogP contribution in [0.25, 0.3) is 0 Å². The van der Waals surface area contributed by atoms with Crippen molar-refractivity contribution in [2.45, 2.75) is 33.4 Å². The first-order valence-electron chi connectivity index (χ1n) is 7.81. The molecular weight excluding hydrogens is 326 g/mol. The Hall–Kier alpha value is -2.74. The van der Waals surface area contributed by atoms with Gasteiger partial charge in [-0.15, -0.1) is 0 Å². The third kappa shape index (κ3) is 3.85. The number of hydrogen-bond acceptors (Lipinski definition) is 5. The molecule has 0 fully saturated rings. The zero-order valence-electron chi connectivity index (χ0n) is 14.7. The molecule has 0 aliphatic rings. The van der Waals surface area contributed by atoms with Gasteiger partial charge in [-0.05, 0) is 26.8 Å². The molecule has 2 rings (SSSR count). The summed E-state index contributed by atoms with van der Waals surface area (Å²) >= 11 is 0. The maximum absolute atomic E-state index is 12.6. The molecule has 0 spiro atoms. The molecule has 2 heterocycles. The maximum Gasteiger partial charge on any atom is 0.285 e. The molecule has 0 aliphatic heterocycles. The van der Waals surface area contributed by atoms with Crippen molar-refractivity contribution < 1.29 is 14.5 Å². The molecule has 0 bridgehead atoms.